The number of likely N-dealkylation sites (tertiary alicyclic amines) is 1. The Kier molecular flexibility index (Phi) is 6.04. The highest BCUT2D eigenvalue weighted by molar-refractivity contribution is 5.42. The predicted molar refractivity (Wildman–Crippen MR) is 84.3 cm³/mol. The number of rotatable bonds is 6. The van der Waals surface area contributed by atoms with Gasteiger partial charge in [-0.25, -0.2) is 0 Å². The summed E-state index contributed by atoms with van der Waals surface area (Å²) in [4.78, 5) is 2.46. The van der Waals surface area contributed by atoms with Gasteiger partial charge in [0.1, 0.15) is 5.75 Å². The molecule has 0 unspecified atom stereocenters. The minimum atomic E-state index is 0.702. The molecule has 0 spiro atoms. The highest BCUT2D eigenvalue weighted by Crippen LogP contribution is 2.24. The number of benzene rings is 1. The molecular formula is C17H25N3O. The first-order chi connectivity index (χ1) is 10.3. The molecule has 1 fully saturated rings. The van der Waals surface area contributed by atoms with Crippen LogP contribution in [0.4, 0.5) is 0 Å². The summed E-state index contributed by atoms with van der Waals surface area (Å²) in [6.45, 7) is 7.46. The first kappa shape index (κ1) is 15.8. The summed E-state index contributed by atoms with van der Waals surface area (Å²) >= 11 is 0. The maximum atomic E-state index is 9.04. The Morgan fingerprint density at radius 2 is 2.14 bits per heavy atom. The van der Waals surface area contributed by atoms with E-state index in [9.17, 15) is 0 Å². The van der Waals surface area contributed by atoms with Gasteiger partial charge in [-0.15, -0.1) is 0 Å². The molecule has 0 aliphatic carbocycles. The van der Waals surface area contributed by atoms with Gasteiger partial charge in [-0.3, -0.25) is 4.90 Å². The van der Waals surface area contributed by atoms with Crippen molar-refractivity contribution in [2.45, 2.75) is 26.3 Å². The molecule has 1 aromatic rings. The molecule has 1 aliphatic heterocycles. The van der Waals surface area contributed by atoms with E-state index in [1.807, 2.05) is 18.2 Å². The van der Waals surface area contributed by atoms with Gasteiger partial charge in [-0.2, -0.15) is 5.26 Å². The van der Waals surface area contributed by atoms with Crippen molar-refractivity contribution >= 4 is 0 Å². The second-order valence-electron chi connectivity index (χ2n) is 5.67. The molecule has 0 atom stereocenters. The van der Waals surface area contributed by atoms with Crippen molar-refractivity contribution in [2.75, 3.05) is 33.3 Å². The zero-order valence-corrected chi connectivity index (χ0v) is 13.1. The average molecular weight is 287 g/mol. The minimum Gasteiger partial charge on any atom is -0.496 e. The third-order valence-electron chi connectivity index (χ3n) is 4.19. The lowest BCUT2D eigenvalue weighted by Gasteiger charge is -2.32. The molecule has 0 amide bonds. The molecule has 0 radical (unpaired) electrons. The van der Waals surface area contributed by atoms with Crippen molar-refractivity contribution < 1.29 is 4.74 Å². The lowest BCUT2D eigenvalue weighted by atomic mass is 9.96. The number of nitriles is 1. The molecule has 114 valence electrons. The number of nitrogens with zero attached hydrogens (tertiary/aromatic N) is 2. The molecule has 1 aromatic carbocycles. The minimum absolute atomic E-state index is 0.702. The molecule has 1 saturated heterocycles. The summed E-state index contributed by atoms with van der Waals surface area (Å²) in [5.74, 6) is 1.68. The van der Waals surface area contributed by atoms with Crippen molar-refractivity contribution in [3.05, 3.63) is 29.3 Å². The van der Waals surface area contributed by atoms with E-state index in [2.05, 4.69) is 23.2 Å². The van der Waals surface area contributed by atoms with Gasteiger partial charge < -0.3 is 10.1 Å². The smallest absolute Gasteiger partial charge is 0.123 e. The van der Waals surface area contributed by atoms with Crippen molar-refractivity contribution in [2.24, 2.45) is 5.92 Å². The number of methoxy groups -OCH3 is 1. The van der Waals surface area contributed by atoms with Crippen LogP contribution >= 0.6 is 0 Å². The summed E-state index contributed by atoms with van der Waals surface area (Å²) in [6.07, 6.45) is 2.49. The number of ether oxygens (including phenoxy) is 1. The van der Waals surface area contributed by atoms with Crippen LogP contribution in [0.5, 0.6) is 5.75 Å². The van der Waals surface area contributed by atoms with Crippen LogP contribution < -0.4 is 10.1 Å². The molecule has 0 aromatic heterocycles. The molecule has 0 saturated carbocycles. The van der Waals surface area contributed by atoms with Crippen molar-refractivity contribution in [1.29, 1.82) is 5.26 Å². The Hall–Kier alpha value is -1.57. The zero-order chi connectivity index (χ0) is 15.1. The lowest BCUT2D eigenvalue weighted by molar-refractivity contribution is 0.174. The molecule has 2 rings (SSSR count). The Morgan fingerprint density at radius 1 is 1.38 bits per heavy atom. The Morgan fingerprint density at radius 3 is 2.76 bits per heavy atom. The van der Waals surface area contributed by atoms with Gasteiger partial charge in [0.25, 0.3) is 0 Å². The third kappa shape index (κ3) is 4.45. The molecule has 0 bridgehead atoms. The van der Waals surface area contributed by atoms with Gasteiger partial charge >= 0.3 is 0 Å². The first-order valence-corrected chi connectivity index (χ1v) is 7.77. The molecule has 21 heavy (non-hydrogen) atoms. The van der Waals surface area contributed by atoms with Crippen LogP contribution in [-0.4, -0.2) is 38.2 Å². The topological polar surface area (TPSA) is 48.3 Å². The van der Waals surface area contributed by atoms with Gasteiger partial charge in [-0.05, 0) is 63.1 Å². The molecule has 4 heteroatoms. The highest BCUT2D eigenvalue weighted by atomic mass is 16.5. The number of nitrogens with one attached hydrogen (secondary N) is 1. The fourth-order valence-electron chi connectivity index (χ4n) is 2.91. The van der Waals surface area contributed by atoms with Gasteiger partial charge in [0.15, 0.2) is 0 Å². The van der Waals surface area contributed by atoms with E-state index in [4.69, 9.17) is 10.00 Å². The van der Waals surface area contributed by atoms with Crippen molar-refractivity contribution in [3.63, 3.8) is 0 Å². The second-order valence-corrected chi connectivity index (χ2v) is 5.67. The third-order valence-corrected chi connectivity index (χ3v) is 4.19. The molecule has 4 nitrogen and oxygen atoms in total. The van der Waals surface area contributed by atoms with Crippen LogP contribution in [0.1, 0.15) is 30.9 Å². The summed E-state index contributed by atoms with van der Waals surface area (Å²) in [5.41, 5.74) is 1.81. The zero-order valence-electron chi connectivity index (χ0n) is 13.1. The summed E-state index contributed by atoms with van der Waals surface area (Å²) in [5, 5.41) is 12.5. The monoisotopic (exact) mass is 287 g/mol. The van der Waals surface area contributed by atoms with Crippen LogP contribution in [0.3, 0.4) is 0 Å². The van der Waals surface area contributed by atoms with Crippen molar-refractivity contribution in [3.8, 4) is 11.8 Å². The summed E-state index contributed by atoms with van der Waals surface area (Å²) in [7, 11) is 1.69. The van der Waals surface area contributed by atoms with Gasteiger partial charge in [0.2, 0.25) is 0 Å². The van der Waals surface area contributed by atoms with E-state index in [1.165, 1.54) is 12.8 Å². The van der Waals surface area contributed by atoms with Crippen LogP contribution in [0.15, 0.2) is 18.2 Å². The number of hydrogen-bond acceptors (Lipinski definition) is 4. The molecule has 1 aliphatic rings. The van der Waals surface area contributed by atoms with Crippen LogP contribution in [0.25, 0.3) is 0 Å². The van der Waals surface area contributed by atoms with E-state index >= 15 is 0 Å². The first-order valence-electron chi connectivity index (χ1n) is 7.77. The largest absolute Gasteiger partial charge is 0.496 e. The van der Waals surface area contributed by atoms with E-state index in [0.29, 0.717) is 5.56 Å². The molecule has 1 N–H and O–H groups in total. The maximum Gasteiger partial charge on any atom is 0.123 e. The standard InChI is InChI=1S/C17H25N3O/c1-3-19-12-14-6-8-20(9-7-14)13-16-10-15(11-18)4-5-17(16)21-2/h4-5,10,14,19H,3,6-9,12-13H2,1-2H3. The Balaban J connectivity index is 1.92. The van der Waals surface area contributed by atoms with Gasteiger partial charge in [0.05, 0.1) is 18.7 Å². The SMILES string of the molecule is CCNCC1CCN(Cc2cc(C#N)ccc2OC)CC1. The van der Waals surface area contributed by atoms with Crippen LogP contribution in [0, 0.1) is 17.2 Å². The van der Waals surface area contributed by atoms with Gasteiger partial charge in [0, 0.05) is 12.1 Å². The number of piperidine rings is 1. The van der Waals surface area contributed by atoms with Crippen LogP contribution in [0.2, 0.25) is 0 Å². The van der Waals surface area contributed by atoms with Gasteiger partial charge in [-0.1, -0.05) is 6.92 Å². The second kappa shape index (κ2) is 8.02. The quantitative estimate of drug-likeness (QED) is 0.873. The van der Waals surface area contributed by atoms with Crippen molar-refractivity contribution in [1.82, 2.24) is 10.2 Å². The van der Waals surface area contributed by atoms with Crippen LogP contribution in [-0.2, 0) is 6.54 Å². The lowest BCUT2D eigenvalue weighted by Crippen LogP contribution is -2.36. The van der Waals surface area contributed by atoms with E-state index in [-0.39, 0.29) is 0 Å². The van der Waals surface area contributed by atoms with E-state index < -0.39 is 0 Å². The average Bonchev–Trinajstić information content (AvgIpc) is 2.54. The highest BCUT2D eigenvalue weighted by Gasteiger charge is 2.19. The maximum absolute atomic E-state index is 9.04. The van der Waals surface area contributed by atoms with E-state index in [1.54, 1.807) is 7.11 Å². The Bertz CT molecular complexity index is 487. The molecule has 1 heterocycles. The predicted octanol–water partition coefficient (Wildman–Crippen LogP) is 2.39. The fraction of sp³-hybridized carbons (Fsp3) is 0.588. The van der Waals surface area contributed by atoms with E-state index in [0.717, 1.165) is 50.0 Å². The summed E-state index contributed by atoms with van der Waals surface area (Å²) < 4.78 is 5.41. The summed E-state index contributed by atoms with van der Waals surface area (Å²) in [6, 6.07) is 7.86. The number of hydrogen-bond donors (Lipinski definition) is 1. The molecular weight excluding hydrogens is 262 g/mol. The fourth-order valence-corrected chi connectivity index (χ4v) is 2.91. The normalized spacial score (nSPS) is 16.6. The Labute approximate surface area is 127 Å².